The van der Waals surface area contributed by atoms with Crippen molar-refractivity contribution in [1.29, 1.82) is 0 Å². The molecule has 0 aliphatic carbocycles. The molecule has 0 heterocycles. The van der Waals surface area contributed by atoms with Crippen LogP contribution in [-0.2, 0) is 9.09 Å². The van der Waals surface area contributed by atoms with Crippen LogP contribution in [0.1, 0.15) is 199 Å². The molecular weight excluding hydrogens is 571 g/mol. The lowest BCUT2D eigenvalue weighted by Gasteiger charge is -2.05. The fraction of sp³-hybridized carbons (Fsp3) is 1.00. The van der Waals surface area contributed by atoms with Crippen molar-refractivity contribution in [2.45, 2.75) is 199 Å². The first kappa shape index (κ1) is 39.6. The van der Waals surface area contributed by atoms with E-state index in [1.54, 1.807) is 0 Å². The molecule has 0 aliphatic rings. The van der Waals surface area contributed by atoms with Crippen LogP contribution in [0, 0.1) is 0 Å². The molecule has 0 bridgehead atoms. The van der Waals surface area contributed by atoms with Crippen LogP contribution in [0.25, 0.3) is 0 Å². The van der Waals surface area contributed by atoms with Crippen LogP contribution in [0.5, 0.6) is 0 Å². The van der Waals surface area contributed by atoms with Crippen molar-refractivity contribution >= 4 is 23.8 Å². The van der Waals surface area contributed by atoms with Crippen LogP contribution >= 0.6 is 23.8 Å². The highest BCUT2D eigenvalue weighted by molar-refractivity contribution is 9.09. The molecule has 0 aromatic carbocycles. The van der Waals surface area contributed by atoms with Crippen LogP contribution in [0.15, 0.2) is 0 Å². The first-order valence-electron chi connectivity index (χ1n) is 17.3. The van der Waals surface area contributed by atoms with Gasteiger partial charge in [0.15, 0.2) is 0 Å². The minimum Gasteiger partial charge on any atom is -0.303 e. The maximum absolute atomic E-state index is 10.6. The highest BCUT2D eigenvalue weighted by atomic mass is 79.9. The molecule has 0 rings (SSSR count). The summed E-state index contributed by atoms with van der Waals surface area (Å²) in [5.41, 5.74) is 0. The second kappa shape index (κ2) is 33.1. The van der Waals surface area contributed by atoms with Gasteiger partial charge in [0.1, 0.15) is 0 Å². The van der Waals surface area contributed by atoms with Crippen molar-refractivity contribution < 1.29 is 18.9 Å². The number of hydrogen-bond acceptors (Lipinski definition) is 2. The van der Waals surface area contributed by atoms with Crippen molar-refractivity contribution in [3.63, 3.8) is 0 Å². The Bertz CT molecular complexity index is 500. The quantitative estimate of drug-likeness (QED) is 0.0418. The Labute approximate surface area is 253 Å². The molecule has 0 saturated carbocycles. The van der Waals surface area contributed by atoms with Gasteiger partial charge in [0.05, 0.1) is 6.61 Å². The zero-order valence-electron chi connectivity index (χ0n) is 25.9. The largest absolute Gasteiger partial charge is 0.469 e. The van der Waals surface area contributed by atoms with Gasteiger partial charge in [-0.15, -0.1) is 0 Å². The van der Waals surface area contributed by atoms with Gasteiger partial charge in [0.25, 0.3) is 0 Å². The van der Waals surface area contributed by atoms with Crippen LogP contribution < -0.4 is 0 Å². The van der Waals surface area contributed by atoms with Gasteiger partial charge in [-0.2, -0.15) is 0 Å². The van der Waals surface area contributed by atoms with E-state index in [0.717, 1.165) is 19.3 Å². The third kappa shape index (κ3) is 38.6. The van der Waals surface area contributed by atoms with Gasteiger partial charge >= 0.3 is 7.82 Å². The van der Waals surface area contributed by atoms with E-state index >= 15 is 0 Å². The predicted octanol–water partition coefficient (Wildman–Crippen LogP) is 12.6. The molecule has 0 aliphatic heterocycles. The Hall–Kier alpha value is 0.590. The summed E-state index contributed by atoms with van der Waals surface area (Å²) in [7, 11) is -4.27. The molecule has 4 nitrogen and oxygen atoms in total. The van der Waals surface area contributed by atoms with Gasteiger partial charge in [-0.3, -0.25) is 4.52 Å². The maximum atomic E-state index is 10.6. The van der Waals surface area contributed by atoms with Crippen molar-refractivity contribution in [2.75, 3.05) is 11.9 Å². The number of unbranched alkanes of at least 4 members (excludes halogenated alkanes) is 30. The monoisotopic (exact) mass is 638 g/mol. The lowest BCUT2D eigenvalue weighted by Crippen LogP contribution is -1.92. The molecule has 0 radical (unpaired) electrons. The van der Waals surface area contributed by atoms with Gasteiger partial charge in [0.2, 0.25) is 0 Å². The predicted molar refractivity (Wildman–Crippen MR) is 175 cm³/mol. The average molecular weight is 640 g/mol. The average Bonchev–Trinajstić information content (AvgIpc) is 2.90. The van der Waals surface area contributed by atoms with Gasteiger partial charge < -0.3 is 9.79 Å². The summed E-state index contributed by atoms with van der Waals surface area (Å²) < 4.78 is 15.0. The molecule has 0 unspecified atom stereocenters. The molecule has 0 amide bonds. The van der Waals surface area contributed by atoms with E-state index in [-0.39, 0.29) is 6.61 Å². The highest BCUT2D eigenvalue weighted by Crippen LogP contribution is 2.35. The molecular formula is C33H68BrO4P. The smallest absolute Gasteiger partial charge is 0.303 e. The summed E-state index contributed by atoms with van der Waals surface area (Å²) in [5, 5.41) is 1.18. The van der Waals surface area contributed by atoms with Crippen molar-refractivity contribution in [1.82, 2.24) is 0 Å². The third-order valence-electron chi connectivity index (χ3n) is 8.04. The zero-order valence-corrected chi connectivity index (χ0v) is 28.4. The standard InChI is InChI=1S/C33H68BrO4P/c34-32-30-28-26-24-22-20-18-16-14-12-10-8-6-4-2-1-3-5-7-9-11-13-15-17-19-21-23-25-27-29-31-33-38-39(35,36)37/h1-33H2,(H2,35,36,37). The van der Waals surface area contributed by atoms with Crippen molar-refractivity contribution in [3.05, 3.63) is 0 Å². The lowest BCUT2D eigenvalue weighted by molar-refractivity contribution is 0.193. The SMILES string of the molecule is O=P(O)(O)OCCCCCCCCCCCCCCCCCCCCCCCCCCCCCCCCCBr. The fourth-order valence-electron chi connectivity index (χ4n) is 5.51. The molecule has 0 aromatic rings. The summed E-state index contributed by atoms with van der Waals surface area (Å²) in [6.45, 7) is 0.170. The van der Waals surface area contributed by atoms with Gasteiger partial charge in [-0.05, 0) is 12.8 Å². The number of halogens is 1. The van der Waals surface area contributed by atoms with Crippen molar-refractivity contribution in [2.24, 2.45) is 0 Å². The molecule has 0 aromatic heterocycles. The molecule has 0 fully saturated rings. The molecule has 0 atom stereocenters. The summed E-state index contributed by atoms with van der Waals surface area (Å²) >= 11 is 3.51. The Kier molecular flexibility index (Phi) is 33.6. The second-order valence-electron chi connectivity index (χ2n) is 12.0. The van der Waals surface area contributed by atoms with Crippen LogP contribution in [0.2, 0.25) is 0 Å². The van der Waals surface area contributed by atoms with E-state index in [9.17, 15) is 4.57 Å². The third-order valence-corrected chi connectivity index (χ3v) is 9.12. The molecule has 236 valence electrons. The van der Waals surface area contributed by atoms with Crippen molar-refractivity contribution in [3.8, 4) is 0 Å². The Morgan fingerprint density at radius 1 is 0.359 bits per heavy atom. The molecule has 0 saturated heterocycles. The Balaban J connectivity index is 3.04. The van der Waals surface area contributed by atoms with Gasteiger partial charge in [-0.1, -0.05) is 202 Å². The van der Waals surface area contributed by atoms with E-state index in [1.165, 1.54) is 185 Å². The number of alkyl halides is 1. The normalized spacial score (nSPS) is 12.0. The van der Waals surface area contributed by atoms with Gasteiger partial charge in [0, 0.05) is 5.33 Å². The van der Waals surface area contributed by atoms with Crippen LogP contribution in [0.4, 0.5) is 0 Å². The van der Waals surface area contributed by atoms with E-state index in [0.29, 0.717) is 0 Å². The first-order chi connectivity index (χ1) is 19.1. The fourth-order valence-corrected chi connectivity index (χ4v) is 6.27. The lowest BCUT2D eigenvalue weighted by atomic mass is 10.0. The highest BCUT2D eigenvalue weighted by Gasteiger charge is 2.12. The Morgan fingerprint density at radius 3 is 0.718 bits per heavy atom. The Morgan fingerprint density at radius 2 is 0.538 bits per heavy atom. The van der Waals surface area contributed by atoms with E-state index < -0.39 is 7.82 Å². The number of phosphoric ester groups is 1. The molecule has 2 N–H and O–H groups in total. The van der Waals surface area contributed by atoms with Gasteiger partial charge in [-0.25, -0.2) is 4.57 Å². The summed E-state index contributed by atoms with van der Waals surface area (Å²) in [5.74, 6) is 0. The summed E-state index contributed by atoms with van der Waals surface area (Å²) in [6.07, 6.45) is 42.7. The molecule has 39 heavy (non-hydrogen) atoms. The minimum atomic E-state index is -4.27. The number of phosphoric acid groups is 1. The number of rotatable bonds is 34. The minimum absolute atomic E-state index is 0.170. The second-order valence-corrected chi connectivity index (χ2v) is 14.0. The van der Waals surface area contributed by atoms with Crippen LogP contribution in [0.3, 0.4) is 0 Å². The molecule has 0 spiro atoms. The van der Waals surface area contributed by atoms with E-state index in [2.05, 4.69) is 20.5 Å². The van der Waals surface area contributed by atoms with Crippen LogP contribution in [-0.4, -0.2) is 21.7 Å². The zero-order chi connectivity index (χ0) is 28.5. The molecule has 6 heteroatoms. The first-order valence-corrected chi connectivity index (χ1v) is 20.0. The van der Waals surface area contributed by atoms with E-state index in [1.807, 2.05) is 0 Å². The summed E-state index contributed by atoms with van der Waals surface area (Å²) in [4.78, 5) is 17.2. The topological polar surface area (TPSA) is 66.8 Å². The number of hydrogen-bond donors (Lipinski definition) is 2. The van der Waals surface area contributed by atoms with E-state index in [4.69, 9.17) is 9.79 Å². The maximum Gasteiger partial charge on any atom is 0.469 e. The summed E-state index contributed by atoms with van der Waals surface area (Å²) in [6, 6.07) is 0.